The molecule has 0 aliphatic rings. The zero-order valence-electron chi connectivity index (χ0n) is 8.58. The number of benzene rings is 1. The summed E-state index contributed by atoms with van der Waals surface area (Å²) in [4.78, 5) is 11.9. The van der Waals surface area contributed by atoms with Crippen molar-refractivity contribution in [1.29, 1.82) is 0 Å². The highest BCUT2D eigenvalue weighted by Crippen LogP contribution is 2.12. The minimum Gasteiger partial charge on any atom is -0.396 e. The third kappa shape index (κ3) is 1.94. The zero-order chi connectivity index (χ0) is 11.5. The van der Waals surface area contributed by atoms with Gasteiger partial charge in [0.2, 0.25) is 0 Å². The van der Waals surface area contributed by atoms with Crippen LogP contribution in [-0.2, 0) is 0 Å². The second-order valence-corrected chi connectivity index (χ2v) is 3.44. The van der Waals surface area contributed by atoms with Gasteiger partial charge in [0, 0.05) is 0 Å². The second-order valence-electron chi connectivity index (χ2n) is 3.44. The summed E-state index contributed by atoms with van der Waals surface area (Å²) < 4.78 is 1.16. The number of carbonyl (C=O) groups excluding carboxylic acids is 1. The molecule has 5 heteroatoms. The molecule has 2 rings (SSSR count). The first-order valence-electron chi connectivity index (χ1n) is 4.83. The fraction of sp³-hybridized carbons (Fsp3) is 0.0909. The first-order valence-corrected chi connectivity index (χ1v) is 4.83. The lowest BCUT2D eigenvalue weighted by molar-refractivity contribution is 0.0863. The Hall–Kier alpha value is -2.14. The number of rotatable bonds is 2. The highest BCUT2D eigenvalue weighted by atomic mass is 16.2. The minimum atomic E-state index is -0.722. The van der Waals surface area contributed by atoms with Crippen LogP contribution in [0.1, 0.15) is 16.4 Å². The predicted octanol–water partition coefficient (Wildman–Crippen LogP) is 0.805. The van der Waals surface area contributed by atoms with E-state index < -0.39 is 6.04 Å². The van der Waals surface area contributed by atoms with Gasteiger partial charge in [0.05, 0.1) is 18.1 Å². The molecule has 1 heterocycles. The second kappa shape index (κ2) is 4.16. The third-order valence-electron chi connectivity index (χ3n) is 2.25. The van der Waals surface area contributed by atoms with Gasteiger partial charge in [-0.3, -0.25) is 4.79 Å². The molecule has 0 radical (unpaired) electrons. The number of aromatic nitrogens is 2. The van der Waals surface area contributed by atoms with Gasteiger partial charge in [0.15, 0.2) is 0 Å². The molecule has 0 fully saturated rings. The van der Waals surface area contributed by atoms with Gasteiger partial charge in [-0.25, -0.2) is 4.68 Å². The molecular formula is C11H12N4O. The van der Waals surface area contributed by atoms with Crippen molar-refractivity contribution in [2.24, 2.45) is 5.73 Å². The average molecular weight is 216 g/mol. The van der Waals surface area contributed by atoms with Gasteiger partial charge in [-0.2, -0.15) is 5.10 Å². The Kier molecular flexibility index (Phi) is 2.70. The van der Waals surface area contributed by atoms with Crippen LogP contribution >= 0.6 is 0 Å². The topological polar surface area (TPSA) is 86.9 Å². The van der Waals surface area contributed by atoms with Gasteiger partial charge < -0.3 is 11.5 Å². The summed E-state index contributed by atoms with van der Waals surface area (Å²) in [5.74, 6) is -0.303. The molecule has 1 atom stereocenters. The lowest BCUT2D eigenvalue weighted by Gasteiger charge is -2.09. The number of anilines is 1. The zero-order valence-corrected chi connectivity index (χ0v) is 8.58. The molecule has 0 amide bonds. The van der Waals surface area contributed by atoms with E-state index >= 15 is 0 Å². The Morgan fingerprint density at radius 2 is 2.00 bits per heavy atom. The fourth-order valence-electron chi connectivity index (χ4n) is 1.40. The van der Waals surface area contributed by atoms with Crippen LogP contribution in [0.3, 0.4) is 0 Å². The van der Waals surface area contributed by atoms with Crippen LogP contribution in [-0.4, -0.2) is 15.7 Å². The van der Waals surface area contributed by atoms with Gasteiger partial charge in [0.25, 0.3) is 5.91 Å². The Morgan fingerprint density at radius 1 is 1.31 bits per heavy atom. The maximum absolute atomic E-state index is 11.9. The number of nitrogen functional groups attached to an aromatic ring is 1. The van der Waals surface area contributed by atoms with Crippen molar-refractivity contribution in [2.75, 3.05) is 5.73 Å². The van der Waals surface area contributed by atoms with Crippen LogP contribution < -0.4 is 11.5 Å². The van der Waals surface area contributed by atoms with Crippen LogP contribution in [0.4, 0.5) is 5.69 Å². The van der Waals surface area contributed by atoms with E-state index in [1.807, 2.05) is 18.2 Å². The smallest absolute Gasteiger partial charge is 0.268 e. The summed E-state index contributed by atoms with van der Waals surface area (Å²) in [5, 5.41) is 3.82. The van der Waals surface area contributed by atoms with Crippen molar-refractivity contribution >= 4 is 11.6 Å². The van der Waals surface area contributed by atoms with Crippen LogP contribution in [0, 0.1) is 0 Å². The largest absolute Gasteiger partial charge is 0.396 e. The summed E-state index contributed by atoms with van der Waals surface area (Å²) in [6.45, 7) is 0. The molecule has 16 heavy (non-hydrogen) atoms. The maximum atomic E-state index is 11.9. The van der Waals surface area contributed by atoms with E-state index in [2.05, 4.69) is 5.10 Å². The van der Waals surface area contributed by atoms with Gasteiger partial charge in [-0.1, -0.05) is 30.3 Å². The van der Waals surface area contributed by atoms with E-state index in [9.17, 15) is 4.79 Å². The normalized spacial score (nSPS) is 12.3. The van der Waals surface area contributed by atoms with Crippen LogP contribution in [0.15, 0.2) is 42.7 Å². The number of hydrogen-bond acceptors (Lipinski definition) is 4. The van der Waals surface area contributed by atoms with E-state index in [4.69, 9.17) is 11.5 Å². The maximum Gasteiger partial charge on any atom is 0.268 e. The molecule has 4 N–H and O–H groups in total. The Balaban J connectivity index is 2.23. The van der Waals surface area contributed by atoms with Crippen molar-refractivity contribution in [3.8, 4) is 0 Å². The molecule has 0 aliphatic heterocycles. The Labute approximate surface area is 92.7 Å². The molecular weight excluding hydrogens is 204 g/mol. The van der Waals surface area contributed by atoms with Crippen LogP contribution in [0.5, 0.6) is 0 Å². The SMILES string of the molecule is Nc1cnn(C(=O)C(N)c2ccccc2)c1. The van der Waals surface area contributed by atoms with Crippen molar-refractivity contribution in [3.05, 3.63) is 48.3 Å². The summed E-state index contributed by atoms with van der Waals surface area (Å²) in [5.41, 5.74) is 12.5. The van der Waals surface area contributed by atoms with Gasteiger partial charge in [-0.05, 0) is 5.56 Å². The number of carbonyl (C=O) groups is 1. The van der Waals surface area contributed by atoms with Crippen LogP contribution in [0.2, 0.25) is 0 Å². The van der Waals surface area contributed by atoms with E-state index in [0.717, 1.165) is 10.2 Å². The highest BCUT2D eigenvalue weighted by molar-refractivity contribution is 5.84. The fourth-order valence-corrected chi connectivity index (χ4v) is 1.40. The lowest BCUT2D eigenvalue weighted by atomic mass is 10.1. The van der Waals surface area contributed by atoms with E-state index in [1.54, 1.807) is 12.1 Å². The molecule has 2 aromatic rings. The standard InChI is InChI=1S/C11H12N4O/c12-9-6-14-15(7-9)11(16)10(13)8-4-2-1-3-5-8/h1-7,10H,12-13H2. The highest BCUT2D eigenvalue weighted by Gasteiger charge is 2.17. The average Bonchev–Trinajstić information content (AvgIpc) is 2.75. The predicted molar refractivity (Wildman–Crippen MR) is 60.6 cm³/mol. The van der Waals surface area contributed by atoms with E-state index in [-0.39, 0.29) is 5.91 Å². The molecule has 82 valence electrons. The van der Waals surface area contributed by atoms with Crippen molar-refractivity contribution in [3.63, 3.8) is 0 Å². The van der Waals surface area contributed by atoms with E-state index in [1.165, 1.54) is 12.4 Å². The molecule has 1 aromatic carbocycles. The molecule has 0 aliphatic carbocycles. The minimum absolute atomic E-state index is 0.303. The van der Waals surface area contributed by atoms with Gasteiger partial charge >= 0.3 is 0 Å². The Bertz CT molecular complexity index is 492. The third-order valence-corrected chi connectivity index (χ3v) is 2.25. The molecule has 5 nitrogen and oxygen atoms in total. The molecule has 0 bridgehead atoms. The molecule has 1 unspecified atom stereocenters. The van der Waals surface area contributed by atoms with Gasteiger partial charge in [-0.15, -0.1) is 0 Å². The first kappa shape index (κ1) is 10.4. The molecule has 0 saturated heterocycles. The van der Waals surface area contributed by atoms with Crippen LogP contribution in [0.25, 0.3) is 0 Å². The molecule has 0 spiro atoms. The quantitative estimate of drug-likeness (QED) is 0.777. The number of hydrogen-bond donors (Lipinski definition) is 2. The number of nitrogens with zero attached hydrogens (tertiary/aromatic N) is 2. The monoisotopic (exact) mass is 216 g/mol. The first-order chi connectivity index (χ1) is 7.68. The van der Waals surface area contributed by atoms with Crippen molar-refractivity contribution in [2.45, 2.75) is 6.04 Å². The van der Waals surface area contributed by atoms with Gasteiger partial charge in [0.1, 0.15) is 6.04 Å². The summed E-state index contributed by atoms with van der Waals surface area (Å²) in [6, 6.07) is 8.41. The number of nitrogens with two attached hydrogens (primary N) is 2. The lowest BCUT2D eigenvalue weighted by Crippen LogP contribution is -2.27. The summed E-state index contributed by atoms with van der Waals surface area (Å²) in [7, 11) is 0. The summed E-state index contributed by atoms with van der Waals surface area (Å²) >= 11 is 0. The summed E-state index contributed by atoms with van der Waals surface area (Å²) in [6.07, 6.45) is 2.86. The molecule has 1 aromatic heterocycles. The van der Waals surface area contributed by atoms with Crippen molar-refractivity contribution < 1.29 is 4.79 Å². The van der Waals surface area contributed by atoms with Crippen molar-refractivity contribution in [1.82, 2.24) is 9.78 Å². The van der Waals surface area contributed by atoms with E-state index in [0.29, 0.717) is 5.69 Å². The molecule has 0 saturated carbocycles. The Morgan fingerprint density at radius 3 is 2.56 bits per heavy atom.